The van der Waals surface area contributed by atoms with E-state index in [0.717, 1.165) is 69.7 Å². The largest absolute Gasteiger partial charge is 0.370 e. The van der Waals surface area contributed by atoms with Crippen LogP contribution in [0.1, 0.15) is 5.56 Å². The van der Waals surface area contributed by atoms with Gasteiger partial charge in [-0.25, -0.2) is 19.9 Å². The molecule has 0 spiro atoms. The summed E-state index contributed by atoms with van der Waals surface area (Å²) in [5.74, 6) is 2.40. The maximum Gasteiger partial charge on any atom is 0.225 e. The van der Waals surface area contributed by atoms with Crippen LogP contribution in [0.25, 0.3) is 0 Å². The van der Waals surface area contributed by atoms with Crippen LogP contribution in [0.4, 0.5) is 11.8 Å². The predicted molar refractivity (Wildman–Crippen MR) is 115 cm³/mol. The van der Waals surface area contributed by atoms with Crippen molar-refractivity contribution in [3.8, 4) is 0 Å². The van der Waals surface area contributed by atoms with Crippen LogP contribution in [0.15, 0.2) is 41.8 Å². The van der Waals surface area contributed by atoms with E-state index in [2.05, 4.69) is 58.7 Å². The Labute approximate surface area is 171 Å². The third kappa shape index (κ3) is 4.92. The molecule has 154 valence electrons. The average Bonchev–Trinajstić information content (AvgIpc) is 2.79. The molecule has 2 aliphatic heterocycles. The van der Waals surface area contributed by atoms with Gasteiger partial charge in [0, 0.05) is 70.9 Å². The first kappa shape index (κ1) is 19.4. The van der Waals surface area contributed by atoms with Crippen molar-refractivity contribution in [2.75, 3.05) is 69.2 Å². The number of aliphatic imine (C=N–C) groups is 1. The third-order valence-electron chi connectivity index (χ3n) is 5.50. The van der Waals surface area contributed by atoms with E-state index in [-0.39, 0.29) is 0 Å². The Bertz CT molecular complexity index is 792. The molecule has 4 rings (SSSR count). The summed E-state index contributed by atoms with van der Waals surface area (Å²) in [5, 5.41) is 0. The van der Waals surface area contributed by atoms with E-state index in [1.807, 2.05) is 12.3 Å². The average molecular weight is 396 g/mol. The number of aromatic nitrogens is 3. The summed E-state index contributed by atoms with van der Waals surface area (Å²) in [6.07, 6.45) is 5.45. The second-order valence-corrected chi connectivity index (χ2v) is 7.51. The molecule has 0 aliphatic carbocycles. The lowest BCUT2D eigenvalue weighted by molar-refractivity contribution is 0.312. The summed E-state index contributed by atoms with van der Waals surface area (Å²) in [4.78, 5) is 26.8. The number of piperazine rings is 2. The van der Waals surface area contributed by atoms with Crippen LogP contribution in [0, 0.1) is 0 Å². The van der Waals surface area contributed by atoms with E-state index in [0.29, 0.717) is 12.5 Å². The fourth-order valence-electron chi connectivity index (χ4n) is 3.60. The Morgan fingerprint density at radius 1 is 0.931 bits per heavy atom. The molecule has 0 atom stereocenters. The van der Waals surface area contributed by atoms with Crippen molar-refractivity contribution in [1.29, 1.82) is 0 Å². The van der Waals surface area contributed by atoms with Gasteiger partial charge in [0.15, 0.2) is 5.96 Å². The monoisotopic (exact) mass is 395 g/mol. The Kier molecular flexibility index (Phi) is 6.04. The summed E-state index contributed by atoms with van der Waals surface area (Å²) in [7, 11) is 2.16. The van der Waals surface area contributed by atoms with Gasteiger partial charge in [0.25, 0.3) is 0 Å². The Hall–Kier alpha value is -2.94. The molecule has 2 aromatic rings. The van der Waals surface area contributed by atoms with E-state index < -0.39 is 0 Å². The van der Waals surface area contributed by atoms with Gasteiger partial charge in [-0.05, 0) is 24.7 Å². The first-order valence-corrected chi connectivity index (χ1v) is 10.1. The van der Waals surface area contributed by atoms with Gasteiger partial charge in [-0.15, -0.1) is 0 Å². The van der Waals surface area contributed by atoms with E-state index in [9.17, 15) is 0 Å². The molecule has 2 saturated heterocycles. The van der Waals surface area contributed by atoms with Crippen molar-refractivity contribution in [2.45, 2.75) is 6.54 Å². The highest BCUT2D eigenvalue weighted by Crippen LogP contribution is 2.14. The Morgan fingerprint density at radius 3 is 2.28 bits per heavy atom. The van der Waals surface area contributed by atoms with Gasteiger partial charge in [-0.1, -0.05) is 6.07 Å². The van der Waals surface area contributed by atoms with E-state index in [1.54, 1.807) is 12.4 Å². The molecule has 2 aliphatic rings. The highest BCUT2D eigenvalue weighted by Gasteiger charge is 2.20. The van der Waals surface area contributed by atoms with Gasteiger partial charge in [-0.3, -0.25) is 0 Å². The first-order chi connectivity index (χ1) is 14.2. The second kappa shape index (κ2) is 9.04. The number of rotatable bonds is 4. The third-order valence-corrected chi connectivity index (χ3v) is 5.50. The van der Waals surface area contributed by atoms with Crippen LogP contribution in [-0.2, 0) is 6.54 Å². The molecule has 0 radical (unpaired) electrons. The maximum atomic E-state index is 6.23. The predicted octanol–water partition coefficient (Wildman–Crippen LogP) is 0.260. The molecule has 0 amide bonds. The fourth-order valence-corrected chi connectivity index (χ4v) is 3.60. The zero-order valence-electron chi connectivity index (χ0n) is 17.0. The topological polar surface area (TPSA) is 90.0 Å². The number of likely N-dealkylation sites (N-methyl/N-ethyl adjacent to an activating group) is 1. The van der Waals surface area contributed by atoms with Crippen LogP contribution in [0.3, 0.4) is 0 Å². The zero-order valence-corrected chi connectivity index (χ0v) is 17.0. The molecule has 9 nitrogen and oxygen atoms in total. The molecule has 2 N–H and O–H groups in total. The van der Waals surface area contributed by atoms with Gasteiger partial charge in [0.05, 0.1) is 6.54 Å². The van der Waals surface area contributed by atoms with Gasteiger partial charge in [0.1, 0.15) is 5.82 Å². The summed E-state index contributed by atoms with van der Waals surface area (Å²) in [5.41, 5.74) is 7.30. The number of hydrogen-bond donors (Lipinski definition) is 1. The lowest BCUT2D eigenvalue weighted by atomic mass is 10.2. The summed E-state index contributed by atoms with van der Waals surface area (Å²) in [6, 6.07) is 6.02. The summed E-state index contributed by atoms with van der Waals surface area (Å²) in [6.45, 7) is 8.04. The Morgan fingerprint density at radius 2 is 1.62 bits per heavy atom. The van der Waals surface area contributed by atoms with Crippen LogP contribution < -0.4 is 15.5 Å². The highest BCUT2D eigenvalue weighted by molar-refractivity contribution is 5.78. The van der Waals surface area contributed by atoms with Crippen molar-refractivity contribution >= 4 is 17.7 Å². The van der Waals surface area contributed by atoms with E-state index >= 15 is 0 Å². The minimum atomic E-state index is 0.545. The molecule has 0 unspecified atom stereocenters. The van der Waals surface area contributed by atoms with Crippen molar-refractivity contribution in [3.05, 3.63) is 42.4 Å². The minimum Gasteiger partial charge on any atom is -0.370 e. The zero-order chi connectivity index (χ0) is 20.1. The number of nitrogens with two attached hydrogens (primary N) is 1. The number of hydrogen-bond acceptors (Lipinski definition) is 7. The molecule has 2 aromatic heterocycles. The molecular formula is C20H29N9. The second-order valence-electron chi connectivity index (χ2n) is 7.51. The van der Waals surface area contributed by atoms with Crippen molar-refractivity contribution in [2.24, 2.45) is 10.7 Å². The van der Waals surface area contributed by atoms with Gasteiger partial charge >= 0.3 is 0 Å². The molecule has 0 bridgehead atoms. The van der Waals surface area contributed by atoms with Crippen LogP contribution in [-0.4, -0.2) is 90.1 Å². The van der Waals surface area contributed by atoms with Crippen molar-refractivity contribution in [3.63, 3.8) is 0 Å². The van der Waals surface area contributed by atoms with Gasteiger partial charge < -0.3 is 25.3 Å². The maximum absolute atomic E-state index is 6.23. The minimum absolute atomic E-state index is 0.545. The molecular weight excluding hydrogens is 366 g/mol. The highest BCUT2D eigenvalue weighted by atomic mass is 15.4. The molecule has 2 fully saturated rings. The summed E-state index contributed by atoms with van der Waals surface area (Å²) >= 11 is 0. The normalized spacial score (nSPS) is 18.9. The van der Waals surface area contributed by atoms with Gasteiger partial charge in [-0.2, -0.15) is 0 Å². The number of pyridine rings is 1. The number of anilines is 2. The first-order valence-electron chi connectivity index (χ1n) is 10.1. The van der Waals surface area contributed by atoms with E-state index in [1.165, 1.54) is 0 Å². The lowest BCUT2D eigenvalue weighted by Gasteiger charge is -2.35. The SMILES string of the molecule is CN1CCN(c2ccc(CN=C(N)N3CCN(c4ncccn4)CC3)cn2)CC1. The molecule has 0 saturated carbocycles. The van der Waals surface area contributed by atoms with Crippen LogP contribution >= 0.6 is 0 Å². The van der Waals surface area contributed by atoms with E-state index in [4.69, 9.17) is 5.73 Å². The van der Waals surface area contributed by atoms with Gasteiger partial charge in [0.2, 0.25) is 5.95 Å². The molecule has 4 heterocycles. The molecule has 0 aromatic carbocycles. The summed E-state index contributed by atoms with van der Waals surface area (Å²) < 4.78 is 0. The lowest BCUT2D eigenvalue weighted by Crippen LogP contribution is -2.51. The standard InChI is InChI=1S/C20H29N9/c1-26-7-9-27(10-8-26)18-4-3-17(15-24-18)16-25-19(21)28-11-13-29(14-12-28)20-22-5-2-6-23-20/h2-6,15H,7-14,16H2,1H3,(H2,21,25). The fraction of sp³-hybridized carbons (Fsp3) is 0.500. The van der Waals surface area contributed by atoms with Crippen LogP contribution in [0.5, 0.6) is 0 Å². The number of guanidine groups is 1. The van der Waals surface area contributed by atoms with Crippen LogP contribution in [0.2, 0.25) is 0 Å². The quantitative estimate of drug-likeness (QED) is 0.582. The molecule has 29 heavy (non-hydrogen) atoms. The smallest absolute Gasteiger partial charge is 0.225 e. The number of nitrogens with zero attached hydrogens (tertiary/aromatic N) is 8. The van der Waals surface area contributed by atoms with Crippen molar-refractivity contribution in [1.82, 2.24) is 24.8 Å². The molecule has 9 heteroatoms. The van der Waals surface area contributed by atoms with Crippen molar-refractivity contribution < 1.29 is 0 Å². The Balaban J connectivity index is 1.28.